The molecule has 2 saturated heterocycles. The minimum absolute atomic E-state index is 0.0380. The Bertz CT molecular complexity index is 722. The number of piperazine rings is 1. The first-order chi connectivity index (χ1) is 14.5. The zero-order valence-corrected chi connectivity index (χ0v) is 18.9. The Balaban J connectivity index is 1.48. The van der Waals surface area contributed by atoms with Crippen LogP contribution in [0.15, 0.2) is 29.3 Å². The van der Waals surface area contributed by atoms with E-state index >= 15 is 0 Å². The number of carbonyl (C=O) groups is 1. The van der Waals surface area contributed by atoms with Crippen LogP contribution >= 0.6 is 0 Å². The van der Waals surface area contributed by atoms with E-state index in [-0.39, 0.29) is 18.1 Å². The maximum Gasteiger partial charge on any atom is 0.239 e. The van der Waals surface area contributed by atoms with Gasteiger partial charge in [-0.05, 0) is 51.3 Å². The van der Waals surface area contributed by atoms with Crippen LogP contribution in [0.2, 0.25) is 0 Å². The van der Waals surface area contributed by atoms with Crippen molar-refractivity contribution >= 4 is 11.9 Å². The third-order valence-corrected chi connectivity index (χ3v) is 5.87. The summed E-state index contributed by atoms with van der Waals surface area (Å²) >= 11 is 0. The molecule has 2 aliphatic rings. The largest absolute Gasteiger partial charge is 0.491 e. The second-order valence-electron chi connectivity index (χ2n) is 8.45. The van der Waals surface area contributed by atoms with Crippen molar-refractivity contribution in [3.05, 3.63) is 29.8 Å². The van der Waals surface area contributed by atoms with E-state index in [0.717, 1.165) is 69.4 Å². The van der Waals surface area contributed by atoms with Crippen molar-refractivity contribution < 1.29 is 9.53 Å². The highest BCUT2D eigenvalue weighted by molar-refractivity contribution is 5.82. The number of nitrogens with zero attached hydrogens (tertiary/aromatic N) is 4. The molecule has 2 aliphatic heterocycles. The first-order valence-corrected chi connectivity index (χ1v) is 11.2. The van der Waals surface area contributed by atoms with Gasteiger partial charge in [0.25, 0.3) is 0 Å². The second kappa shape index (κ2) is 10.7. The molecule has 7 nitrogen and oxygen atoms in total. The van der Waals surface area contributed by atoms with Crippen molar-refractivity contribution in [2.24, 2.45) is 4.99 Å². The molecule has 1 N–H and O–H groups in total. The van der Waals surface area contributed by atoms with Crippen molar-refractivity contribution in [1.82, 2.24) is 20.0 Å². The molecule has 2 fully saturated rings. The van der Waals surface area contributed by atoms with Gasteiger partial charge >= 0.3 is 0 Å². The van der Waals surface area contributed by atoms with Gasteiger partial charge in [-0.3, -0.25) is 14.7 Å². The van der Waals surface area contributed by atoms with E-state index in [0.29, 0.717) is 6.54 Å². The molecule has 2 heterocycles. The first kappa shape index (κ1) is 22.4. The number of ether oxygens (including phenoxy) is 1. The Labute approximate surface area is 181 Å². The van der Waals surface area contributed by atoms with Crippen molar-refractivity contribution in [2.75, 3.05) is 46.3 Å². The number of benzene rings is 1. The summed E-state index contributed by atoms with van der Waals surface area (Å²) in [7, 11) is 1.83. The number of hydrogen-bond acceptors (Lipinski definition) is 4. The lowest BCUT2D eigenvalue weighted by Crippen LogP contribution is -2.57. The van der Waals surface area contributed by atoms with E-state index in [1.54, 1.807) is 0 Å². The van der Waals surface area contributed by atoms with E-state index in [2.05, 4.69) is 39.2 Å². The van der Waals surface area contributed by atoms with Gasteiger partial charge < -0.3 is 19.9 Å². The highest BCUT2D eigenvalue weighted by Crippen LogP contribution is 2.16. The average Bonchev–Trinajstić information content (AvgIpc) is 3.28. The fourth-order valence-corrected chi connectivity index (χ4v) is 4.19. The van der Waals surface area contributed by atoms with Crippen LogP contribution in [0.3, 0.4) is 0 Å². The van der Waals surface area contributed by atoms with Crippen molar-refractivity contribution in [1.29, 1.82) is 0 Å². The van der Waals surface area contributed by atoms with E-state index in [1.165, 1.54) is 0 Å². The summed E-state index contributed by atoms with van der Waals surface area (Å²) in [6, 6.07) is 8.14. The molecule has 0 radical (unpaired) electrons. The number of guanidine groups is 1. The van der Waals surface area contributed by atoms with Crippen molar-refractivity contribution in [3.63, 3.8) is 0 Å². The van der Waals surface area contributed by atoms with Gasteiger partial charge in [-0.25, -0.2) is 0 Å². The van der Waals surface area contributed by atoms with Crippen LogP contribution in [-0.4, -0.2) is 85.0 Å². The molecule has 0 aromatic heterocycles. The standard InChI is InChI=1S/C23H37N5O2/c1-18(2)30-21-9-7-8-20(16-21)17-25-23(24-4)28-14-12-26(13-15-28)19(3)22(29)27-10-5-6-11-27/h7-9,16,18-19H,5-6,10-15,17H2,1-4H3,(H,24,25). The van der Waals surface area contributed by atoms with Gasteiger partial charge in [0.1, 0.15) is 5.75 Å². The summed E-state index contributed by atoms with van der Waals surface area (Å²) < 4.78 is 5.79. The summed E-state index contributed by atoms with van der Waals surface area (Å²) in [5, 5.41) is 3.47. The average molecular weight is 416 g/mol. The van der Waals surface area contributed by atoms with Gasteiger partial charge in [-0.15, -0.1) is 0 Å². The maximum atomic E-state index is 12.7. The number of rotatable bonds is 6. The van der Waals surface area contributed by atoms with Crippen molar-refractivity contribution in [3.8, 4) is 5.75 Å². The molecule has 0 bridgehead atoms. The monoisotopic (exact) mass is 415 g/mol. The Morgan fingerprint density at radius 1 is 1.07 bits per heavy atom. The molecule has 1 aromatic carbocycles. The zero-order valence-electron chi connectivity index (χ0n) is 18.9. The quantitative estimate of drug-likeness (QED) is 0.570. The van der Waals surface area contributed by atoms with Crippen LogP contribution in [0.5, 0.6) is 5.75 Å². The van der Waals surface area contributed by atoms with Gasteiger partial charge in [-0.2, -0.15) is 0 Å². The number of likely N-dealkylation sites (tertiary alicyclic amines) is 1. The highest BCUT2D eigenvalue weighted by Gasteiger charge is 2.30. The number of aliphatic imine (C=N–C) groups is 1. The van der Waals surface area contributed by atoms with Crippen LogP contribution in [0.1, 0.15) is 39.2 Å². The molecule has 0 spiro atoms. The number of carbonyl (C=O) groups excluding carboxylic acids is 1. The van der Waals surface area contributed by atoms with Gasteiger partial charge in [0.15, 0.2) is 5.96 Å². The van der Waals surface area contributed by atoms with E-state index in [1.807, 2.05) is 37.9 Å². The summed E-state index contributed by atoms with van der Waals surface area (Å²) in [6.45, 7) is 12.1. The third kappa shape index (κ3) is 5.88. The Kier molecular flexibility index (Phi) is 7.96. The molecule has 3 rings (SSSR count). The highest BCUT2D eigenvalue weighted by atomic mass is 16.5. The van der Waals surface area contributed by atoms with Gasteiger partial charge in [-0.1, -0.05) is 12.1 Å². The van der Waals surface area contributed by atoms with Gasteiger partial charge in [0.2, 0.25) is 5.91 Å². The van der Waals surface area contributed by atoms with E-state index < -0.39 is 0 Å². The molecule has 1 unspecified atom stereocenters. The maximum absolute atomic E-state index is 12.7. The Morgan fingerprint density at radius 3 is 2.40 bits per heavy atom. The van der Waals surface area contributed by atoms with E-state index in [9.17, 15) is 4.79 Å². The van der Waals surface area contributed by atoms with Crippen LogP contribution in [0, 0.1) is 0 Å². The molecule has 1 amide bonds. The third-order valence-electron chi connectivity index (χ3n) is 5.87. The molecule has 1 aromatic rings. The fraction of sp³-hybridized carbons (Fsp3) is 0.652. The molecule has 7 heteroatoms. The molecule has 0 aliphatic carbocycles. The summed E-state index contributed by atoms with van der Waals surface area (Å²) in [4.78, 5) is 23.8. The minimum Gasteiger partial charge on any atom is -0.491 e. The normalized spacial score (nSPS) is 19.3. The second-order valence-corrected chi connectivity index (χ2v) is 8.45. The Morgan fingerprint density at radius 2 is 1.77 bits per heavy atom. The predicted molar refractivity (Wildman–Crippen MR) is 121 cm³/mol. The first-order valence-electron chi connectivity index (χ1n) is 11.2. The van der Waals surface area contributed by atoms with Crippen molar-refractivity contribution in [2.45, 2.75) is 52.3 Å². The molecule has 1 atom stereocenters. The molecule has 30 heavy (non-hydrogen) atoms. The molecule has 0 saturated carbocycles. The van der Waals surface area contributed by atoms with Gasteiger partial charge in [0.05, 0.1) is 12.1 Å². The Hall–Kier alpha value is -2.28. The summed E-state index contributed by atoms with van der Waals surface area (Å²) in [5.74, 6) is 2.08. The van der Waals surface area contributed by atoms with Crippen LogP contribution in [0.4, 0.5) is 0 Å². The summed E-state index contributed by atoms with van der Waals surface area (Å²) in [6.07, 6.45) is 2.44. The van der Waals surface area contributed by atoms with E-state index in [4.69, 9.17) is 4.74 Å². The lowest BCUT2D eigenvalue weighted by Gasteiger charge is -2.39. The molecule has 166 valence electrons. The minimum atomic E-state index is -0.0380. The number of hydrogen-bond donors (Lipinski definition) is 1. The molecular formula is C23H37N5O2. The SMILES string of the molecule is CN=C(NCc1cccc(OC(C)C)c1)N1CCN(C(C)C(=O)N2CCCC2)CC1. The smallest absolute Gasteiger partial charge is 0.239 e. The van der Waals surface area contributed by atoms with Crippen LogP contribution in [0.25, 0.3) is 0 Å². The van der Waals surface area contributed by atoms with Crippen LogP contribution < -0.4 is 10.1 Å². The number of nitrogens with one attached hydrogen (secondary N) is 1. The van der Waals surface area contributed by atoms with Crippen LogP contribution in [-0.2, 0) is 11.3 Å². The lowest BCUT2D eigenvalue weighted by atomic mass is 10.2. The topological polar surface area (TPSA) is 60.4 Å². The zero-order chi connectivity index (χ0) is 21.5. The molecular weight excluding hydrogens is 378 g/mol. The number of amides is 1. The van der Waals surface area contributed by atoms with Gasteiger partial charge in [0, 0.05) is 52.9 Å². The lowest BCUT2D eigenvalue weighted by molar-refractivity contribution is -0.135. The predicted octanol–water partition coefficient (Wildman–Crippen LogP) is 2.18. The summed E-state index contributed by atoms with van der Waals surface area (Å²) in [5.41, 5.74) is 1.16. The fourth-order valence-electron chi connectivity index (χ4n) is 4.19.